The first-order valence-corrected chi connectivity index (χ1v) is 6.27. The van der Waals surface area contributed by atoms with Crippen molar-refractivity contribution in [1.29, 1.82) is 0 Å². The predicted molar refractivity (Wildman–Crippen MR) is 61.5 cm³/mol. The number of hydrogen-bond acceptors (Lipinski definition) is 2. The molecule has 1 rings (SSSR count). The zero-order chi connectivity index (χ0) is 9.68. The Morgan fingerprint density at radius 3 is 2.85 bits per heavy atom. The van der Waals surface area contributed by atoms with E-state index >= 15 is 0 Å². The smallest absolute Gasteiger partial charge is 0.0109 e. The van der Waals surface area contributed by atoms with Gasteiger partial charge in [-0.3, -0.25) is 0 Å². The first-order chi connectivity index (χ1) is 6.22. The van der Waals surface area contributed by atoms with Crippen molar-refractivity contribution in [3.05, 3.63) is 0 Å². The van der Waals surface area contributed by atoms with Crippen LogP contribution in [0.5, 0.6) is 0 Å². The molecule has 1 saturated heterocycles. The summed E-state index contributed by atoms with van der Waals surface area (Å²) in [7, 11) is 4.29. The first-order valence-electron chi connectivity index (χ1n) is 5.15. The summed E-state index contributed by atoms with van der Waals surface area (Å²) in [6, 6.07) is 0. The number of rotatable bonds is 5. The Bertz CT molecular complexity index is 139. The van der Waals surface area contributed by atoms with Crippen LogP contribution in [0.1, 0.15) is 12.8 Å². The van der Waals surface area contributed by atoms with Gasteiger partial charge in [-0.1, -0.05) is 15.9 Å². The SMILES string of the molecule is CN(C)CCN1CCC(CCBr)C1. The molecule has 78 valence electrons. The molecule has 1 aliphatic rings. The number of hydrogen-bond donors (Lipinski definition) is 0. The normalized spacial score (nSPS) is 24.5. The summed E-state index contributed by atoms with van der Waals surface area (Å²) in [4.78, 5) is 4.85. The fourth-order valence-corrected chi connectivity index (χ4v) is 2.49. The van der Waals surface area contributed by atoms with E-state index in [0.29, 0.717) is 0 Å². The van der Waals surface area contributed by atoms with Crippen LogP contribution < -0.4 is 0 Å². The summed E-state index contributed by atoms with van der Waals surface area (Å²) in [5.41, 5.74) is 0. The molecule has 0 aliphatic carbocycles. The van der Waals surface area contributed by atoms with Gasteiger partial charge in [-0.05, 0) is 39.4 Å². The van der Waals surface area contributed by atoms with Gasteiger partial charge < -0.3 is 9.80 Å². The number of alkyl halides is 1. The van der Waals surface area contributed by atoms with Crippen LogP contribution >= 0.6 is 15.9 Å². The van der Waals surface area contributed by atoms with E-state index in [-0.39, 0.29) is 0 Å². The molecule has 2 nitrogen and oxygen atoms in total. The Kier molecular flexibility index (Phi) is 5.29. The summed E-state index contributed by atoms with van der Waals surface area (Å²) >= 11 is 3.51. The molecular formula is C10H21BrN2. The second-order valence-electron chi connectivity index (χ2n) is 4.24. The fraction of sp³-hybridized carbons (Fsp3) is 1.00. The van der Waals surface area contributed by atoms with Crippen LogP contribution in [0.15, 0.2) is 0 Å². The maximum Gasteiger partial charge on any atom is 0.0109 e. The zero-order valence-corrected chi connectivity index (χ0v) is 10.4. The Morgan fingerprint density at radius 1 is 1.46 bits per heavy atom. The van der Waals surface area contributed by atoms with Crippen molar-refractivity contribution < 1.29 is 0 Å². The van der Waals surface area contributed by atoms with E-state index in [0.717, 1.165) is 5.92 Å². The monoisotopic (exact) mass is 248 g/mol. The van der Waals surface area contributed by atoms with Gasteiger partial charge in [0.25, 0.3) is 0 Å². The maximum absolute atomic E-state index is 3.51. The molecular weight excluding hydrogens is 228 g/mol. The van der Waals surface area contributed by atoms with Crippen LogP contribution in [-0.4, -0.2) is 55.4 Å². The van der Waals surface area contributed by atoms with Crippen molar-refractivity contribution in [1.82, 2.24) is 9.80 Å². The van der Waals surface area contributed by atoms with Crippen LogP contribution in [0.2, 0.25) is 0 Å². The fourth-order valence-electron chi connectivity index (χ4n) is 1.85. The quantitative estimate of drug-likeness (QED) is 0.684. The molecule has 0 saturated carbocycles. The topological polar surface area (TPSA) is 6.48 Å². The Balaban J connectivity index is 2.10. The lowest BCUT2D eigenvalue weighted by Gasteiger charge is -2.18. The molecule has 0 bridgehead atoms. The standard InChI is InChI=1S/C10H21BrN2/c1-12(2)7-8-13-6-4-10(9-13)3-5-11/h10H,3-9H2,1-2H3. The maximum atomic E-state index is 3.51. The van der Waals surface area contributed by atoms with Gasteiger partial charge in [-0.15, -0.1) is 0 Å². The van der Waals surface area contributed by atoms with Crippen molar-refractivity contribution in [2.24, 2.45) is 5.92 Å². The minimum Gasteiger partial charge on any atom is -0.308 e. The number of nitrogens with zero attached hydrogens (tertiary/aromatic N) is 2. The molecule has 3 heteroatoms. The number of likely N-dealkylation sites (N-methyl/N-ethyl adjacent to an activating group) is 1. The molecule has 1 atom stereocenters. The van der Waals surface area contributed by atoms with Crippen LogP contribution in [0.4, 0.5) is 0 Å². The first kappa shape index (κ1) is 11.5. The highest BCUT2D eigenvalue weighted by molar-refractivity contribution is 9.09. The van der Waals surface area contributed by atoms with Crippen LogP contribution in [-0.2, 0) is 0 Å². The van der Waals surface area contributed by atoms with Gasteiger partial charge in [-0.2, -0.15) is 0 Å². The molecule has 0 radical (unpaired) electrons. The van der Waals surface area contributed by atoms with Gasteiger partial charge in [0, 0.05) is 25.0 Å². The highest BCUT2D eigenvalue weighted by atomic mass is 79.9. The molecule has 1 aliphatic heterocycles. The van der Waals surface area contributed by atoms with E-state index in [1.807, 2.05) is 0 Å². The van der Waals surface area contributed by atoms with Gasteiger partial charge in [0.1, 0.15) is 0 Å². The molecule has 13 heavy (non-hydrogen) atoms. The molecule has 1 fully saturated rings. The predicted octanol–water partition coefficient (Wildman–Crippen LogP) is 1.65. The van der Waals surface area contributed by atoms with E-state index in [1.165, 1.54) is 44.4 Å². The summed E-state index contributed by atoms with van der Waals surface area (Å²) in [5.74, 6) is 0.946. The summed E-state index contributed by atoms with van der Waals surface area (Å²) < 4.78 is 0. The van der Waals surface area contributed by atoms with Crippen LogP contribution in [0.3, 0.4) is 0 Å². The van der Waals surface area contributed by atoms with E-state index in [9.17, 15) is 0 Å². The Morgan fingerprint density at radius 2 is 2.23 bits per heavy atom. The number of halogens is 1. The van der Waals surface area contributed by atoms with Crippen molar-refractivity contribution in [2.45, 2.75) is 12.8 Å². The molecule has 0 aromatic heterocycles. The van der Waals surface area contributed by atoms with Crippen LogP contribution in [0.25, 0.3) is 0 Å². The minimum absolute atomic E-state index is 0.946. The van der Waals surface area contributed by atoms with Crippen LogP contribution in [0, 0.1) is 5.92 Å². The van der Waals surface area contributed by atoms with Gasteiger partial charge in [0.2, 0.25) is 0 Å². The number of likely N-dealkylation sites (tertiary alicyclic amines) is 1. The third-order valence-corrected chi connectivity index (χ3v) is 3.21. The average Bonchev–Trinajstić information content (AvgIpc) is 2.50. The zero-order valence-electron chi connectivity index (χ0n) is 8.80. The van der Waals surface area contributed by atoms with Gasteiger partial charge in [-0.25, -0.2) is 0 Å². The lowest BCUT2D eigenvalue weighted by Crippen LogP contribution is -2.30. The average molecular weight is 249 g/mol. The van der Waals surface area contributed by atoms with Gasteiger partial charge >= 0.3 is 0 Å². The highest BCUT2D eigenvalue weighted by Crippen LogP contribution is 2.19. The second kappa shape index (κ2) is 5.99. The molecule has 0 aromatic carbocycles. The van der Waals surface area contributed by atoms with Crippen molar-refractivity contribution in [3.63, 3.8) is 0 Å². The highest BCUT2D eigenvalue weighted by Gasteiger charge is 2.20. The Labute approximate surface area is 90.4 Å². The third kappa shape index (κ3) is 4.43. The van der Waals surface area contributed by atoms with E-state index in [4.69, 9.17) is 0 Å². The van der Waals surface area contributed by atoms with E-state index in [2.05, 4.69) is 39.8 Å². The molecule has 1 heterocycles. The lowest BCUT2D eigenvalue weighted by molar-refractivity contribution is 0.275. The van der Waals surface area contributed by atoms with Gasteiger partial charge in [0.05, 0.1) is 0 Å². The summed E-state index contributed by atoms with van der Waals surface area (Å²) in [5, 5.41) is 1.17. The molecule has 0 amide bonds. The van der Waals surface area contributed by atoms with E-state index in [1.54, 1.807) is 0 Å². The lowest BCUT2D eigenvalue weighted by atomic mass is 10.1. The van der Waals surface area contributed by atoms with Crippen molar-refractivity contribution >= 4 is 15.9 Å². The van der Waals surface area contributed by atoms with Crippen molar-refractivity contribution in [3.8, 4) is 0 Å². The summed E-state index contributed by atoms with van der Waals surface area (Å²) in [6.45, 7) is 5.07. The van der Waals surface area contributed by atoms with Crippen molar-refractivity contribution in [2.75, 3.05) is 45.6 Å². The van der Waals surface area contributed by atoms with Gasteiger partial charge in [0.15, 0.2) is 0 Å². The molecule has 0 spiro atoms. The molecule has 0 aromatic rings. The second-order valence-corrected chi connectivity index (χ2v) is 5.03. The van der Waals surface area contributed by atoms with E-state index < -0.39 is 0 Å². The molecule has 0 N–H and O–H groups in total. The third-order valence-electron chi connectivity index (χ3n) is 2.75. The molecule has 1 unspecified atom stereocenters. The largest absolute Gasteiger partial charge is 0.308 e. The summed E-state index contributed by atoms with van der Waals surface area (Å²) in [6.07, 6.45) is 2.75. The minimum atomic E-state index is 0.946. The Hall–Kier alpha value is 0.400.